The highest BCUT2D eigenvalue weighted by Crippen LogP contribution is 2.11. The van der Waals surface area contributed by atoms with Crippen molar-refractivity contribution < 1.29 is 4.79 Å². The number of amides is 1. The smallest absolute Gasteiger partial charge is 0.220 e. The van der Waals surface area contributed by atoms with E-state index >= 15 is 0 Å². The molecule has 1 atom stereocenters. The maximum atomic E-state index is 11.5. The molecule has 0 saturated carbocycles. The first-order valence-corrected chi connectivity index (χ1v) is 8.03. The van der Waals surface area contributed by atoms with Crippen LogP contribution in [0, 0.1) is 5.92 Å². The van der Waals surface area contributed by atoms with E-state index in [9.17, 15) is 4.79 Å². The van der Waals surface area contributed by atoms with E-state index in [1.165, 1.54) is 25.0 Å². The van der Waals surface area contributed by atoms with E-state index < -0.39 is 0 Å². The van der Waals surface area contributed by atoms with Crippen LogP contribution in [0.15, 0.2) is 0 Å². The van der Waals surface area contributed by atoms with Crippen LogP contribution in [0.25, 0.3) is 0 Å². The van der Waals surface area contributed by atoms with Crippen molar-refractivity contribution in [1.29, 1.82) is 0 Å². The van der Waals surface area contributed by atoms with Gasteiger partial charge in [-0.05, 0) is 44.0 Å². The van der Waals surface area contributed by atoms with Crippen molar-refractivity contribution in [3.63, 3.8) is 0 Å². The Hall–Kier alpha value is 0.0700. The van der Waals surface area contributed by atoms with Crippen molar-refractivity contribution in [3.05, 3.63) is 0 Å². The molecular weight excluding hydrogens is 268 g/mol. The largest absolute Gasteiger partial charge is 0.356 e. The Bertz CT molecular complexity index is 211. The monoisotopic (exact) mass is 294 g/mol. The molecule has 1 fully saturated rings. The Morgan fingerprint density at radius 1 is 1.44 bits per heavy atom. The third-order valence-corrected chi connectivity index (χ3v) is 4.22. The molecule has 1 aliphatic heterocycles. The summed E-state index contributed by atoms with van der Waals surface area (Å²) in [6, 6.07) is 0. The predicted octanol–water partition coefficient (Wildman–Crippen LogP) is 2.45. The average molecular weight is 295 g/mol. The first-order valence-electron chi connectivity index (χ1n) is 6.88. The summed E-state index contributed by atoms with van der Waals surface area (Å²) in [5, 5.41) is 6.37. The molecule has 0 aromatic carbocycles. The third kappa shape index (κ3) is 9.06. The van der Waals surface area contributed by atoms with Gasteiger partial charge in [-0.1, -0.05) is 13.3 Å². The summed E-state index contributed by atoms with van der Waals surface area (Å²) in [7, 11) is 0. The first-order chi connectivity index (χ1) is 8.33. The van der Waals surface area contributed by atoms with Crippen LogP contribution in [-0.4, -0.2) is 37.0 Å². The Morgan fingerprint density at radius 3 is 2.94 bits per heavy atom. The molecule has 0 spiro atoms. The summed E-state index contributed by atoms with van der Waals surface area (Å²) in [5.41, 5.74) is 0. The summed E-state index contributed by atoms with van der Waals surface area (Å²) in [6.45, 7) is 5.32. The van der Waals surface area contributed by atoms with Crippen LogP contribution in [0.2, 0.25) is 0 Å². The van der Waals surface area contributed by atoms with Gasteiger partial charge in [0.2, 0.25) is 5.91 Å². The van der Waals surface area contributed by atoms with Crippen molar-refractivity contribution in [3.8, 4) is 0 Å². The lowest BCUT2D eigenvalue weighted by Gasteiger charge is -2.09. The standard InChI is InChI=1S/C13H26N2OS.ClH/c1-2-3-9-17-10-6-13(16)15-8-5-12-4-7-14-11-12;/h12,14H,2-11H2,1H3,(H,15,16);1H. The Labute approximate surface area is 122 Å². The van der Waals surface area contributed by atoms with Gasteiger partial charge in [0.25, 0.3) is 0 Å². The van der Waals surface area contributed by atoms with Crippen LogP contribution < -0.4 is 10.6 Å². The van der Waals surface area contributed by atoms with E-state index in [0.29, 0.717) is 6.42 Å². The zero-order valence-electron chi connectivity index (χ0n) is 11.4. The molecule has 0 aliphatic carbocycles. The molecule has 18 heavy (non-hydrogen) atoms. The van der Waals surface area contributed by atoms with E-state index in [2.05, 4.69) is 17.6 Å². The molecule has 108 valence electrons. The molecule has 2 N–H and O–H groups in total. The molecule has 1 unspecified atom stereocenters. The fourth-order valence-corrected chi connectivity index (χ4v) is 3.00. The number of hydrogen-bond donors (Lipinski definition) is 2. The minimum atomic E-state index is 0. The van der Waals surface area contributed by atoms with E-state index in [1.54, 1.807) is 0 Å². The molecular formula is C13H27ClN2OS. The number of unbranched alkanes of at least 4 members (excludes halogenated alkanes) is 1. The molecule has 1 aliphatic rings. The predicted molar refractivity (Wildman–Crippen MR) is 82.7 cm³/mol. The lowest BCUT2D eigenvalue weighted by atomic mass is 10.1. The molecule has 0 radical (unpaired) electrons. The molecule has 5 heteroatoms. The van der Waals surface area contributed by atoms with Crippen LogP contribution in [0.1, 0.15) is 39.0 Å². The van der Waals surface area contributed by atoms with Crippen molar-refractivity contribution in [2.24, 2.45) is 5.92 Å². The molecule has 0 aromatic rings. The highest BCUT2D eigenvalue weighted by atomic mass is 35.5. The zero-order valence-corrected chi connectivity index (χ0v) is 13.0. The van der Waals surface area contributed by atoms with Gasteiger partial charge in [-0.2, -0.15) is 11.8 Å². The Morgan fingerprint density at radius 2 is 2.28 bits per heavy atom. The number of carbonyl (C=O) groups is 1. The summed E-state index contributed by atoms with van der Waals surface area (Å²) < 4.78 is 0. The average Bonchev–Trinajstić information content (AvgIpc) is 2.82. The number of nitrogens with one attached hydrogen (secondary N) is 2. The molecule has 1 amide bonds. The van der Waals surface area contributed by atoms with Crippen molar-refractivity contribution in [2.45, 2.75) is 39.0 Å². The van der Waals surface area contributed by atoms with Gasteiger partial charge in [0.1, 0.15) is 0 Å². The van der Waals surface area contributed by atoms with Gasteiger partial charge < -0.3 is 10.6 Å². The van der Waals surface area contributed by atoms with Crippen LogP contribution in [0.4, 0.5) is 0 Å². The number of hydrogen-bond acceptors (Lipinski definition) is 3. The number of halogens is 1. The third-order valence-electron chi connectivity index (χ3n) is 3.15. The zero-order chi connectivity index (χ0) is 12.3. The molecule has 0 bridgehead atoms. The number of rotatable bonds is 9. The second-order valence-electron chi connectivity index (χ2n) is 4.71. The van der Waals surface area contributed by atoms with Crippen LogP contribution in [-0.2, 0) is 4.79 Å². The van der Waals surface area contributed by atoms with E-state index in [1.807, 2.05) is 11.8 Å². The van der Waals surface area contributed by atoms with E-state index in [0.717, 1.165) is 37.7 Å². The minimum Gasteiger partial charge on any atom is -0.356 e. The normalized spacial score (nSPS) is 18.4. The second kappa shape index (κ2) is 12.1. The van der Waals surface area contributed by atoms with Gasteiger partial charge in [-0.3, -0.25) is 4.79 Å². The van der Waals surface area contributed by atoms with Gasteiger partial charge in [0.15, 0.2) is 0 Å². The van der Waals surface area contributed by atoms with Gasteiger partial charge in [0.05, 0.1) is 0 Å². The topological polar surface area (TPSA) is 41.1 Å². The molecule has 1 rings (SSSR count). The van der Waals surface area contributed by atoms with Crippen molar-refractivity contribution in [2.75, 3.05) is 31.1 Å². The lowest BCUT2D eigenvalue weighted by Crippen LogP contribution is -2.26. The summed E-state index contributed by atoms with van der Waals surface area (Å²) in [6.07, 6.45) is 5.58. The summed E-state index contributed by atoms with van der Waals surface area (Å²) >= 11 is 1.89. The quantitative estimate of drug-likeness (QED) is 0.642. The van der Waals surface area contributed by atoms with Gasteiger partial charge in [-0.25, -0.2) is 0 Å². The second-order valence-corrected chi connectivity index (χ2v) is 5.94. The van der Waals surface area contributed by atoms with Gasteiger partial charge >= 0.3 is 0 Å². The molecule has 0 aromatic heterocycles. The molecule has 1 saturated heterocycles. The maximum Gasteiger partial charge on any atom is 0.220 e. The van der Waals surface area contributed by atoms with E-state index in [-0.39, 0.29) is 18.3 Å². The van der Waals surface area contributed by atoms with Crippen molar-refractivity contribution in [1.82, 2.24) is 10.6 Å². The van der Waals surface area contributed by atoms with Crippen LogP contribution >= 0.6 is 24.2 Å². The summed E-state index contributed by atoms with van der Waals surface area (Å²) in [4.78, 5) is 11.5. The lowest BCUT2D eigenvalue weighted by molar-refractivity contribution is -0.120. The first kappa shape index (κ1) is 18.1. The van der Waals surface area contributed by atoms with Crippen LogP contribution in [0.3, 0.4) is 0 Å². The minimum absolute atomic E-state index is 0. The van der Waals surface area contributed by atoms with Gasteiger partial charge in [-0.15, -0.1) is 12.4 Å². The fraction of sp³-hybridized carbons (Fsp3) is 0.923. The molecule has 3 nitrogen and oxygen atoms in total. The molecule has 1 heterocycles. The highest BCUT2D eigenvalue weighted by molar-refractivity contribution is 7.99. The van der Waals surface area contributed by atoms with Crippen LogP contribution in [0.5, 0.6) is 0 Å². The summed E-state index contributed by atoms with van der Waals surface area (Å²) in [5.74, 6) is 3.16. The van der Waals surface area contributed by atoms with Crippen molar-refractivity contribution >= 4 is 30.1 Å². The fourth-order valence-electron chi connectivity index (χ4n) is 1.98. The van der Waals surface area contributed by atoms with Gasteiger partial charge in [0, 0.05) is 18.7 Å². The number of carbonyl (C=O) groups excluding carboxylic acids is 1. The highest BCUT2D eigenvalue weighted by Gasteiger charge is 2.13. The Balaban J connectivity index is 0.00000289. The van der Waals surface area contributed by atoms with E-state index in [4.69, 9.17) is 0 Å². The Kier molecular flexibility index (Phi) is 12.2. The SMILES string of the molecule is CCCCSCCC(=O)NCCC1CCNC1.Cl. The number of thioether (sulfide) groups is 1. The maximum absolute atomic E-state index is 11.5.